The SMILES string of the molecule is CCN(CC)C(=O)c1ccc(NC(=O)C2=NN(C)C(=O)CC2)cc1. The summed E-state index contributed by atoms with van der Waals surface area (Å²) in [4.78, 5) is 37.5. The molecule has 0 radical (unpaired) electrons. The Labute approximate surface area is 141 Å². The highest BCUT2D eigenvalue weighted by Crippen LogP contribution is 2.13. The van der Waals surface area contributed by atoms with Crippen LogP contribution in [0.3, 0.4) is 0 Å². The maximum atomic E-state index is 12.2. The van der Waals surface area contributed by atoms with Gasteiger partial charge in [0.05, 0.1) is 0 Å². The molecule has 1 N–H and O–H groups in total. The summed E-state index contributed by atoms with van der Waals surface area (Å²) in [5.74, 6) is -0.474. The molecule has 1 aliphatic rings. The molecule has 0 saturated carbocycles. The van der Waals surface area contributed by atoms with Gasteiger partial charge in [0.2, 0.25) is 5.91 Å². The smallest absolute Gasteiger partial charge is 0.271 e. The van der Waals surface area contributed by atoms with Gasteiger partial charge in [0.25, 0.3) is 11.8 Å². The highest BCUT2D eigenvalue weighted by molar-refractivity contribution is 6.43. The van der Waals surface area contributed by atoms with Gasteiger partial charge in [-0.3, -0.25) is 14.4 Å². The number of rotatable bonds is 5. The first-order valence-electron chi connectivity index (χ1n) is 8.01. The molecule has 7 nitrogen and oxygen atoms in total. The molecular weight excluding hydrogens is 308 g/mol. The minimum atomic E-state index is -0.336. The molecule has 24 heavy (non-hydrogen) atoms. The number of anilines is 1. The molecule has 0 atom stereocenters. The molecule has 0 aliphatic carbocycles. The van der Waals surface area contributed by atoms with Gasteiger partial charge in [-0.05, 0) is 38.1 Å². The van der Waals surface area contributed by atoms with Crippen molar-refractivity contribution in [1.82, 2.24) is 9.91 Å². The molecule has 2 rings (SSSR count). The van der Waals surface area contributed by atoms with Crippen molar-refractivity contribution < 1.29 is 14.4 Å². The second kappa shape index (κ2) is 7.72. The lowest BCUT2D eigenvalue weighted by Crippen LogP contribution is -2.34. The Morgan fingerprint density at radius 2 is 1.79 bits per heavy atom. The highest BCUT2D eigenvalue weighted by atomic mass is 16.2. The summed E-state index contributed by atoms with van der Waals surface area (Å²) in [6.45, 7) is 5.17. The molecule has 0 fully saturated rings. The molecule has 0 bridgehead atoms. The number of carbonyl (C=O) groups is 3. The molecule has 0 spiro atoms. The van der Waals surface area contributed by atoms with Crippen molar-refractivity contribution in [3.05, 3.63) is 29.8 Å². The molecule has 128 valence electrons. The fourth-order valence-corrected chi connectivity index (χ4v) is 2.43. The number of carbonyl (C=O) groups excluding carboxylic acids is 3. The van der Waals surface area contributed by atoms with Gasteiger partial charge in [-0.25, -0.2) is 5.01 Å². The van der Waals surface area contributed by atoms with E-state index in [0.717, 1.165) is 0 Å². The molecular formula is C17H22N4O3. The zero-order valence-electron chi connectivity index (χ0n) is 14.2. The first-order chi connectivity index (χ1) is 11.5. The molecule has 0 aromatic heterocycles. The van der Waals surface area contributed by atoms with Gasteiger partial charge < -0.3 is 10.2 Å². The van der Waals surface area contributed by atoms with E-state index in [-0.39, 0.29) is 24.1 Å². The molecule has 1 aromatic rings. The summed E-state index contributed by atoms with van der Waals surface area (Å²) >= 11 is 0. The Balaban J connectivity index is 2.04. The fraction of sp³-hybridized carbons (Fsp3) is 0.412. The summed E-state index contributed by atoms with van der Waals surface area (Å²) in [6.07, 6.45) is 0.605. The lowest BCUT2D eigenvalue weighted by molar-refractivity contribution is -0.130. The van der Waals surface area contributed by atoms with E-state index in [1.165, 1.54) is 12.1 Å². The molecule has 0 saturated heterocycles. The lowest BCUT2D eigenvalue weighted by atomic mass is 10.1. The second-order valence-electron chi connectivity index (χ2n) is 5.47. The summed E-state index contributed by atoms with van der Waals surface area (Å²) in [5.41, 5.74) is 1.48. The van der Waals surface area contributed by atoms with Crippen LogP contribution < -0.4 is 5.32 Å². The van der Waals surface area contributed by atoms with E-state index in [1.807, 2.05) is 13.8 Å². The van der Waals surface area contributed by atoms with Crippen molar-refractivity contribution in [2.24, 2.45) is 5.10 Å². The predicted octanol–water partition coefficient (Wildman–Crippen LogP) is 1.72. The second-order valence-corrected chi connectivity index (χ2v) is 5.47. The number of nitrogens with zero attached hydrogens (tertiary/aromatic N) is 3. The molecule has 7 heteroatoms. The van der Waals surface area contributed by atoms with Crippen LogP contribution >= 0.6 is 0 Å². The van der Waals surface area contributed by atoms with Crippen LogP contribution in [0.5, 0.6) is 0 Å². The zero-order chi connectivity index (χ0) is 17.7. The quantitative estimate of drug-likeness (QED) is 0.892. The Bertz CT molecular complexity index is 663. The molecule has 1 heterocycles. The van der Waals surface area contributed by atoms with Crippen LogP contribution in [0.1, 0.15) is 37.0 Å². The van der Waals surface area contributed by atoms with Gasteiger partial charge in [0.15, 0.2) is 0 Å². The highest BCUT2D eigenvalue weighted by Gasteiger charge is 2.22. The molecule has 3 amide bonds. The minimum Gasteiger partial charge on any atom is -0.339 e. The topological polar surface area (TPSA) is 82.1 Å². The average molecular weight is 330 g/mol. The van der Waals surface area contributed by atoms with E-state index in [1.54, 1.807) is 29.2 Å². The number of hydrazone groups is 1. The lowest BCUT2D eigenvalue weighted by Gasteiger charge is -2.19. The predicted molar refractivity (Wildman–Crippen MR) is 91.8 cm³/mol. The Morgan fingerprint density at radius 1 is 1.17 bits per heavy atom. The monoisotopic (exact) mass is 330 g/mol. The van der Waals surface area contributed by atoms with Gasteiger partial charge in [0, 0.05) is 44.2 Å². The van der Waals surface area contributed by atoms with Gasteiger partial charge in [0.1, 0.15) is 5.71 Å². The first kappa shape index (κ1) is 17.7. The van der Waals surface area contributed by atoms with E-state index < -0.39 is 0 Å². The Morgan fingerprint density at radius 3 is 2.33 bits per heavy atom. The largest absolute Gasteiger partial charge is 0.339 e. The van der Waals surface area contributed by atoms with Gasteiger partial charge in [-0.1, -0.05) is 0 Å². The third kappa shape index (κ3) is 3.98. The summed E-state index contributed by atoms with van der Waals surface area (Å²) in [7, 11) is 1.53. The van der Waals surface area contributed by atoms with Crippen LogP contribution in [0.4, 0.5) is 5.69 Å². The molecule has 1 aromatic carbocycles. The van der Waals surface area contributed by atoms with E-state index in [0.29, 0.717) is 36.5 Å². The van der Waals surface area contributed by atoms with Crippen molar-refractivity contribution in [2.75, 3.05) is 25.5 Å². The standard InChI is InChI=1S/C17H22N4O3/c1-4-21(5-2)17(24)12-6-8-13(9-7-12)18-16(23)14-10-11-15(22)20(3)19-14/h6-9H,4-5,10-11H2,1-3H3,(H,18,23). The van der Waals surface area contributed by atoms with Crippen LogP contribution in [-0.2, 0) is 9.59 Å². The Kier molecular flexibility index (Phi) is 5.68. The van der Waals surface area contributed by atoms with Crippen molar-refractivity contribution >= 4 is 29.1 Å². The van der Waals surface area contributed by atoms with E-state index in [9.17, 15) is 14.4 Å². The van der Waals surface area contributed by atoms with Crippen molar-refractivity contribution in [3.8, 4) is 0 Å². The van der Waals surface area contributed by atoms with Crippen molar-refractivity contribution in [2.45, 2.75) is 26.7 Å². The Hall–Kier alpha value is -2.70. The normalized spacial score (nSPS) is 14.2. The minimum absolute atomic E-state index is 0.0327. The van der Waals surface area contributed by atoms with Crippen LogP contribution in [0.25, 0.3) is 0 Å². The van der Waals surface area contributed by atoms with Crippen molar-refractivity contribution in [1.29, 1.82) is 0 Å². The van der Waals surface area contributed by atoms with Gasteiger partial charge in [-0.2, -0.15) is 5.10 Å². The maximum Gasteiger partial charge on any atom is 0.271 e. The van der Waals surface area contributed by atoms with Gasteiger partial charge in [-0.15, -0.1) is 0 Å². The third-order valence-corrected chi connectivity index (χ3v) is 3.91. The number of nitrogens with one attached hydrogen (secondary N) is 1. The van der Waals surface area contributed by atoms with Gasteiger partial charge >= 0.3 is 0 Å². The van der Waals surface area contributed by atoms with Crippen LogP contribution in [0.2, 0.25) is 0 Å². The number of hydrogen-bond donors (Lipinski definition) is 1. The molecule has 0 unspecified atom stereocenters. The number of amides is 3. The number of hydrogen-bond acceptors (Lipinski definition) is 4. The van der Waals surface area contributed by atoms with E-state index >= 15 is 0 Å². The summed E-state index contributed by atoms with van der Waals surface area (Å²) < 4.78 is 0. The fourth-order valence-electron chi connectivity index (χ4n) is 2.43. The van der Waals surface area contributed by atoms with E-state index in [4.69, 9.17) is 0 Å². The number of benzene rings is 1. The third-order valence-electron chi connectivity index (χ3n) is 3.91. The average Bonchev–Trinajstić information content (AvgIpc) is 2.59. The molecule has 1 aliphatic heterocycles. The zero-order valence-corrected chi connectivity index (χ0v) is 14.2. The van der Waals surface area contributed by atoms with Crippen LogP contribution in [0.15, 0.2) is 29.4 Å². The maximum absolute atomic E-state index is 12.2. The van der Waals surface area contributed by atoms with Crippen LogP contribution in [-0.4, -0.2) is 53.5 Å². The van der Waals surface area contributed by atoms with E-state index in [2.05, 4.69) is 10.4 Å². The summed E-state index contributed by atoms with van der Waals surface area (Å²) in [5, 5.41) is 7.90. The van der Waals surface area contributed by atoms with Crippen molar-refractivity contribution in [3.63, 3.8) is 0 Å². The summed E-state index contributed by atoms with van der Waals surface area (Å²) in [6, 6.07) is 6.75. The first-order valence-corrected chi connectivity index (χ1v) is 8.01. The van der Waals surface area contributed by atoms with Crippen LogP contribution in [0, 0.1) is 0 Å².